The Hall–Kier alpha value is -2.50. The molecule has 3 heterocycles. The Balaban J connectivity index is 1.76. The van der Waals surface area contributed by atoms with Gasteiger partial charge in [0.25, 0.3) is 0 Å². The summed E-state index contributed by atoms with van der Waals surface area (Å²) < 4.78 is 2.06. The highest BCUT2D eigenvalue weighted by Gasteiger charge is 2.18. The van der Waals surface area contributed by atoms with Crippen LogP contribution in [0.15, 0.2) is 30.9 Å². The van der Waals surface area contributed by atoms with Gasteiger partial charge in [0, 0.05) is 24.2 Å². The number of fused-ring (bicyclic) bond motifs is 1. The van der Waals surface area contributed by atoms with Crippen LogP contribution in [0, 0.1) is 0 Å². The summed E-state index contributed by atoms with van der Waals surface area (Å²) in [5.41, 5.74) is 9.15. The van der Waals surface area contributed by atoms with E-state index in [1.165, 1.54) is 25.7 Å². The van der Waals surface area contributed by atoms with E-state index in [0.29, 0.717) is 17.4 Å². The molecule has 2 N–H and O–H groups in total. The van der Waals surface area contributed by atoms with Crippen molar-refractivity contribution in [2.45, 2.75) is 31.7 Å². The number of hydrogen-bond donors (Lipinski definition) is 1. The molecule has 0 aliphatic heterocycles. The third-order valence-corrected chi connectivity index (χ3v) is 4.08. The molecule has 3 aromatic rings. The van der Waals surface area contributed by atoms with Gasteiger partial charge >= 0.3 is 0 Å². The molecule has 0 unspecified atom stereocenters. The average molecular weight is 280 g/mol. The molecule has 0 spiro atoms. The van der Waals surface area contributed by atoms with Crippen LogP contribution in [-0.2, 0) is 0 Å². The molecule has 106 valence electrons. The maximum Gasteiger partial charge on any atom is 0.152 e. The maximum atomic E-state index is 5.98. The summed E-state index contributed by atoms with van der Waals surface area (Å²) in [5.74, 6) is 0.407. The average Bonchev–Trinajstić information content (AvgIpc) is 3.18. The van der Waals surface area contributed by atoms with Crippen molar-refractivity contribution < 1.29 is 0 Å². The normalized spacial score (nSPS) is 15.8. The Morgan fingerprint density at radius 2 is 1.95 bits per heavy atom. The number of aromatic nitrogens is 5. The monoisotopic (exact) mass is 280 g/mol. The van der Waals surface area contributed by atoms with E-state index in [1.807, 2.05) is 12.3 Å². The highest BCUT2D eigenvalue weighted by molar-refractivity contribution is 5.87. The molecule has 0 saturated heterocycles. The van der Waals surface area contributed by atoms with Crippen molar-refractivity contribution in [1.29, 1.82) is 0 Å². The van der Waals surface area contributed by atoms with E-state index in [1.54, 1.807) is 12.4 Å². The van der Waals surface area contributed by atoms with Gasteiger partial charge in [-0.3, -0.25) is 9.67 Å². The Kier molecular flexibility index (Phi) is 2.80. The largest absolute Gasteiger partial charge is 0.382 e. The highest BCUT2D eigenvalue weighted by Crippen LogP contribution is 2.30. The smallest absolute Gasteiger partial charge is 0.152 e. The second-order valence-electron chi connectivity index (χ2n) is 5.46. The molecule has 3 aromatic heterocycles. The summed E-state index contributed by atoms with van der Waals surface area (Å²) in [6.45, 7) is 0. The van der Waals surface area contributed by atoms with Crippen LogP contribution in [0.5, 0.6) is 0 Å². The summed E-state index contributed by atoms with van der Waals surface area (Å²) in [5, 5.41) is 4.48. The van der Waals surface area contributed by atoms with Crippen molar-refractivity contribution in [3.05, 3.63) is 30.9 Å². The minimum atomic E-state index is 0.407. The summed E-state index contributed by atoms with van der Waals surface area (Å²) in [4.78, 5) is 12.9. The zero-order chi connectivity index (χ0) is 14.2. The molecule has 0 amide bonds. The van der Waals surface area contributed by atoms with Crippen molar-refractivity contribution in [2.75, 3.05) is 5.73 Å². The third kappa shape index (κ3) is 2.12. The predicted molar refractivity (Wildman–Crippen MR) is 80.5 cm³/mol. The number of nitrogens with two attached hydrogens (primary N) is 1. The molecular formula is C15H16N6. The van der Waals surface area contributed by atoms with Crippen LogP contribution in [0.25, 0.3) is 22.3 Å². The summed E-state index contributed by atoms with van der Waals surface area (Å²) in [7, 11) is 0. The molecule has 21 heavy (non-hydrogen) atoms. The maximum absolute atomic E-state index is 5.98. The fraction of sp³-hybridized carbons (Fsp3) is 0.333. The van der Waals surface area contributed by atoms with Gasteiger partial charge in [0.1, 0.15) is 5.52 Å². The molecule has 0 bridgehead atoms. The second-order valence-corrected chi connectivity index (χ2v) is 5.46. The van der Waals surface area contributed by atoms with Gasteiger partial charge in [0.15, 0.2) is 5.82 Å². The lowest BCUT2D eigenvalue weighted by atomic mass is 10.2. The van der Waals surface area contributed by atoms with Gasteiger partial charge < -0.3 is 5.73 Å². The van der Waals surface area contributed by atoms with Crippen LogP contribution in [0.4, 0.5) is 5.82 Å². The Morgan fingerprint density at radius 3 is 2.81 bits per heavy atom. The minimum absolute atomic E-state index is 0.407. The minimum Gasteiger partial charge on any atom is -0.382 e. The van der Waals surface area contributed by atoms with Gasteiger partial charge in [-0.2, -0.15) is 5.10 Å². The SMILES string of the molecule is Nc1nc(-c2cnn(C3CCCC3)c2)cc2nccnc12. The van der Waals surface area contributed by atoms with Gasteiger partial charge in [-0.05, 0) is 18.9 Å². The highest BCUT2D eigenvalue weighted by atomic mass is 15.3. The van der Waals surface area contributed by atoms with E-state index >= 15 is 0 Å². The summed E-state index contributed by atoms with van der Waals surface area (Å²) in [6, 6.07) is 2.44. The number of nitrogen functional groups attached to an aromatic ring is 1. The van der Waals surface area contributed by atoms with E-state index in [-0.39, 0.29) is 0 Å². The fourth-order valence-electron chi connectivity index (χ4n) is 2.98. The lowest BCUT2D eigenvalue weighted by Gasteiger charge is -2.08. The molecule has 0 aromatic carbocycles. The number of pyridine rings is 1. The lowest BCUT2D eigenvalue weighted by Crippen LogP contribution is -2.04. The standard InChI is InChI=1S/C15H16N6/c16-15-14-13(17-5-6-18-14)7-12(20-15)10-8-19-21(9-10)11-3-1-2-4-11/h5-9,11H,1-4H2,(H2,16,20). The fourth-order valence-corrected chi connectivity index (χ4v) is 2.98. The Morgan fingerprint density at radius 1 is 1.14 bits per heavy atom. The van der Waals surface area contributed by atoms with E-state index < -0.39 is 0 Å². The molecule has 6 heteroatoms. The van der Waals surface area contributed by atoms with Gasteiger partial charge in [-0.1, -0.05) is 12.8 Å². The summed E-state index contributed by atoms with van der Waals surface area (Å²) in [6.07, 6.45) is 12.2. The van der Waals surface area contributed by atoms with Crippen molar-refractivity contribution >= 4 is 16.9 Å². The first-order chi connectivity index (χ1) is 10.3. The molecule has 0 radical (unpaired) electrons. The zero-order valence-electron chi connectivity index (χ0n) is 11.6. The van der Waals surface area contributed by atoms with Crippen molar-refractivity contribution in [2.24, 2.45) is 0 Å². The zero-order valence-corrected chi connectivity index (χ0v) is 11.6. The first-order valence-corrected chi connectivity index (χ1v) is 7.23. The Labute approximate surface area is 122 Å². The molecule has 1 saturated carbocycles. The molecule has 4 rings (SSSR count). The summed E-state index contributed by atoms with van der Waals surface area (Å²) >= 11 is 0. The quantitative estimate of drug-likeness (QED) is 0.780. The van der Waals surface area contributed by atoms with Crippen molar-refractivity contribution in [3.8, 4) is 11.3 Å². The van der Waals surface area contributed by atoms with Crippen molar-refractivity contribution in [1.82, 2.24) is 24.7 Å². The lowest BCUT2D eigenvalue weighted by molar-refractivity contribution is 0.467. The van der Waals surface area contributed by atoms with Gasteiger partial charge in [-0.25, -0.2) is 9.97 Å². The number of hydrogen-bond acceptors (Lipinski definition) is 5. The first kappa shape index (κ1) is 12.3. The van der Waals surface area contributed by atoms with Crippen LogP contribution in [0.1, 0.15) is 31.7 Å². The van der Waals surface area contributed by atoms with Crippen molar-refractivity contribution in [3.63, 3.8) is 0 Å². The molecule has 1 fully saturated rings. The first-order valence-electron chi connectivity index (χ1n) is 7.23. The third-order valence-electron chi connectivity index (χ3n) is 4.08. The van der Waals surface area contributed by atoms with E-state index in [0.717, 1.165) is 16.8 Å². The number of rotatable bonds is 2. The Bertz CT molecular complexity index is 788. The van der Waals surface area contributed by atoms with Crippen LogP contribution < -0.4 is 5.73 Å². The molecule has 1 aliphatic carbocycles. The van der Waals surface area contributed by atoms with Crippen LogP contribution in [-0.4, -0.2) is 24.7 Å². The second kappa shape index (κ2) is 4.80. The number of anilines is 1. The predicted octanol–water partition coefficient (Wildman–Crippen LogP) is 2.59. The molecule has 6 nitrogen and oxygen atoms in total. The topological polar surface area (TPSA) is 82.5 Å². The van der Waals surface area contributed by atoms with E-state index in [9.17, 15) is 0 Å². The van der Waals surface area contributed by atoms with Crippen LogP contribution >= 0.6 is 0 Å². The van der Waals surface area contributed by atoms with Gasteiger partial charge in [0.05, 0.1) is 23.4 Å². The number of nitrogens with zero attached hydrogens (tertiary/aromatic N) is 5. The van der Waals surface area contributed by atoms with Gasteiger partial charge in [-0.15, -0.1) is 0 Å². The molecule has 1 aliphatic rings. The van der Waals surface area contributed by atoms with E-state index in [2.05, 4.69) is 30.9 Å². The molecule has 0 atom stereocenters. The van der Waals surface area contributed by atoms with Gasteiger partial charge in [0.2, 0.25) is 0 Å². The van der Waals surface area contributed by atoms with E-state index in [4.69, 9.17) is 5.73 Å². The molecular weight excluding hydrogens is 264 g/mol. The van der Waals surface area contributed by atoms with Crippen LogP contribution in [0.3, 0.4) is 0 Å². The van der Waals surface area contributed by atoms with Crippen LogP contribution in [0.2, 0.25) is 0 Å².